The molecule has 1 saturated heterocycles. The molecule has 5 nitrogen and oxygen atoms in total. The van der Waals surface area contributed by atoms with Crippen molar-refractivity contribution in [2.45, 2.75) is 12.8 Å². The highest BCUT2D eigenvalue weighted by atomic mass is 32.2. The SMILES string of the molecule is CN(C)S(=O)(=O)N1CCCC(C=O)C1. The Morgan fingerprint density at radius 3 is 2.57 bits per heavy atom. The third-order valence-electron chi connectivity index (χ3n) is 2.40. The van der Waals surface area contributed by atoms with Crippen LogP contribution in [0.15, 0.2) is 0 Å². The van der Waals surface area contributed by atoms with E-state index >= 15 is 0 Å². The molecule has 0 aliphatic carbocycles. The molecule has 0 bridgehead atoms. The van der Waals surface area contributed by atoms with E-state index in [2.05, 4.69) is 0 Å². The van der Waals surface area contributed by atoms with E-state index in [9.17, 15) is 13.2 Å². The maximum atomic E-state index is 11.7. The number of hydrogen-bond donors (Lipinski definition) is 0. The normalized spacial score (nSPS) is 25.2. The van der Waals surface area contributed by atoms with Crippen molar-refractivity contribution in [2.24, 2.45) is 5.92 Å². The highest BCUT2D eigenvalue weighted by Gasteiger charge is 2.29. The molecule has 14 heavy (non-hydrogen) atoms. The lowest BCUT2D eigenvalue weighted by atomic mass is 10.0. The fourth-order valence-electron chi connectivity index (χ4n) is 1.53. The molecule has 1 heterocycles. The van der Waals surface area contributed by atoms with Crippen LogP contribution in [0, 0.1) is 5.92 Å². The van der Waals surface area contributed by atoms with Crippen LogP contribution in [0.1, 0.15) is 12.8 Å². The molecule has 1 aliphatic rings. The molecule has 0 amide bonds. The lowest BCUT2D eigenvalue weighted by Crippen LogP contribution is -2.45. The number of nitrogens with zero attached hydrogens (tertiary/aromatic N) is 2. The van der Waals surface area contributed by atoms with E-state index in [4.69, 9.17) is 0 Å². The molecule has 1 rings (SSSR count). The lowest BCUT2D eigenvalue weighted by Gasteiger charge is -2.31. The molecule has 1 unspecified atom stereocenters. The summed E-state index contributed by atoms with van der Waals surface area (Å²) in [5.74, 6) is -0.140. The van der Waals surface area contributed by atoms with Gasteiger partial charge in [0.05, 0.1) is 0 Å². The Balaban J connectivity index is 2.74. The number of piperidine rings is 1. The molecule has 82 valence electrons. The van der Waals surface area contributed by atoms with Crippen molar-refractivity contribution in [3.05, 3.63) is 0 Å². The van der Waals surface area contributed by atoms with E-state index in [1.54, 1.807) is 0 Å². The molecular formula is C8H16N2O3S. The first-order valence-corrected chi connectivity index (χ1v) is 6.01. The first-order chi connectivity index (χ1) is 6.48. The van der Waals surface area contributed by atoms with Crippen LogP contribution in [0.25, 0.3) is 0 Å². The standard InChI is InChI=1S/C8H16N2O3S/c1-9(2)14(12,13)10-5-3-4-8(6-10)7-11/h7-8H,3-6H2,1-2H3. The quantitative estimate of drug-likeness (QED) is 0.614. The van der Waals surface area contributed by atoms with Crippen LogP contribution in [0.5, 0.6) is 0 Å². The number of rotatable bonds is 3. The third-order valence-corrected chi connectivity index (χ3v) is 4.31. The zero-order valence-electron chi connectivity index (χ0n) is 8.51. The molecule has 1 aliphatic heterocycles. The molecule has 0 saturated carbocycles. The van der Waals surface area contributed by atoms with E-state index in [1.807, 2.05) is 0 Å². The molecule has 1 atom stereocenters. The summed E-state index contributed by atoms with van der Waals surface area (Å²) in [5, 5.41) is 0. The topological polar surface area (TPSA) is 57.7 Å². The van der Waals surface area contributed by atoms with E-state index < -0.39 is 10.2 Å². The molecule has 6 heteroatoms. The van der Waals surface area contributed by atoms with Crippen LogP contribution < -0.4 is 0 Å². The van der Waals surface area contributed by atoms with Crippen molar-refractivity contribution in [1.82, 2.24) is 8.61 Å². The lowest BCUT2D eigenvalue weighted by molar-refractivity contribution is -0.112. The van der Waals surface area contributed by atoms with Crippen molar-refractivity contribution in [2.75, 3.05) is 27.2 Å². The molecule has 0 aromatic rings. The zero-order valence-corrected chi connectivity index (χ0v) is 9.33. The maximum absolute atomic E-state index is 11.7. The fourth-order valence-corrected chi connectivity index (χ4v) is 2.73. The fraction of sp³-hybridized carbons (Fsp3) is 0.875. The highest BCUT2D eigenvalue weighted by molar-refractivity contribution is 7.86. The van der Waals surface area contributed by atoms with Crippen LogP contribution in [0.4, 0.5) is 0 Å². The third kappa shape index (κ3) is 2.31. The monoisotopic (exact) mass is 220 g/mol. The van der Waals surface area contributed by atoms with Gasteiger partial charge in [0.2, 0.25) is 0 Å². The number of carbonyl (C=O) groups is 1. The van der Waals surface area contributed by atoms with Crippen molar-refractivity contribution in [3.63, 3.8) is 0 Å². The Morgan fingerprint density at radius 2 is 2.07 bits per heavy atom. The summed E-state index contributed by atoms with van der Waals surface area (Å²) < 4.78 is 25.9. The van der Waals surface area contributed by atoms with E-state index in [0.29, 0.717) is 13.1 Å². The van der Waals surface area contributed by atoms with Crippen LogP contribution in [-0.4, -0.2) is 50.5 Å². The summed E-state index contributed by atoms with van der Waals surface area (Å²) in [6.45, 7) is 0.842. The molecule has 1 fully saturated rings. The van der Waals surface area contributed by atoms with Crippen molar-refractivity contribution in [1.29, 1.82) is 0 Å². The first-order valence-electron chi connectivity index (χ1n) is 4.61. The van der Waals surface area contributed by atoms with Gasteiger partial charge in [0.1, 0.15) is 6.29 Å². The average Bonchev–Trinajstić information content (AvgIpc) is 2.17. The van der Waals surface area contributed by atoms with Gasteiger partial charge in [0.25, 0.3) is 10.2 Å². The second kappa shape index (κ2) is 4.37. The number of hydrogen-bond acceptors (Lipinski definition) is 3. The van der Waals surface area contributed by atoms with Gasteiger partial charge < -0.3 is 4.79 Å². The van der Waals surface area contributed by atoms with Crippen molar-refractivity contribution in [3.8, 4) is 0 Å². The molecular weight excluding hydrogens is 204 g/mol. The minimum Gasteiger partial charge on any atom is -0.303 e. The van der Waals surface area contributed by atoms with Gasteiger partial charge in [0.15, 0.2) is 0 Å². The minimum absolute atomic E-state index is 0.140. The molecule has 0 aromatic heterocycles. The number of aldehydes is 1. The largest absolute Gasteiger partial charge is 0.303 e. The predicted octanol–water partition coefficient (Wildman–Crippen LogP) is -0.296. The van der Waals surface area contributed by atoms with Crippen molar-refractivity contribution >= 4 is 16.5 Å². The predicted molar refractivity (Wildman–Crippen MR) is 53.0 cm³/mol. The highest BCUT2D eigenvalue weighted by Crippen LogP contribution is 2.18. The molecule has 0 N–H and O–H groups in total. The Labute approximate surface area is 84.9 Å². The van der Waals surface area contributed by atoms with Gasteiger partial charge in [-0.15, -0.1) is 0 Å². The maximum Gasteiger partial charge on any atom is 0.281 e. The van der Waals surface area contributed by atoms with E-state index in [0.717, 1.165) is 19.1 Å². The Kier molecular flexibility index (Phi) is 3.63. The Morgan fingerprint density at radius 1 is 1.43 bits per heavy atom. The summed E-state index contributed by atoms with van der Waals surface area (Å²) in [4.78, 5) is 10.6. The molecule has 0 aromatic carbocycles. The number of carbonyl (C=O) groups excluding carboxylic acids is 1. The molecule has 0 radical (unpaired) electrons. The van der Waals surface area contributed by atoms with Gasteiger partial charge in [-0.05, 0) is 12.8 Å². The minimum atomic E-state index is -3.34. The van der Waals surface area contributed by atoms with E-state index in [1.165, 1.54) is 22.7 Å². The van der Waals surface area contributed by atoms with Crippen LogP contribution >= 0.6 is 0 Å². The first kappa shape index (κ1) is 11.6. The Bertz CT molecular complexity index is 300. The summed E-state index contributed by atoms with van der Waals surface area (Å²) in [6, 6.07) is 0. The summed E-state index contributed by atoms with van der Waals surface area (Å²) >= 11 is 0. The zero-order chi connectivity index (χ0) is 10.8. The second-order valence-corrected chi connectivity index (χ2v) is 5.83. The van der Waals surface area contributed by atoms with Gasteiger partial charge in [-0.3, -0.25) is 0 Å². The summed E-state index contributed by atoms with van der Waals surface area (Å²) in [7, 11) is -0.335. The van der Waals surface area contributed by atoms with Gasteiger partial charge in [-0.2, -0.15) is 17.0 Å². The van der Waals surface area contributed by atoms with Gasteiger partial charge in [-0.1, -0.05) is 0 Å². The second-order valence-electron chi connectivity index (χ2n) is 3.69. The smallest absolute Gasteiger partial charge is 0.281 e. The summed E-state index contributed by atoms with van der Waals surface area (Å²) in [5.41, 5.74) is 0. The average molecular weight is 220 g/mol. The Hall–Kier alpha value is -0.460. The van der Waals surface area contributed by atoms with E-state index in [-0.39, 0.29) is 5.92 Å². The van der Waals surface area contributed by atoms with Gasteiger partial charge in [0, 0.05) is 33.1 Å². The van der Waals surface area contributed by atoms with Crippen LogP contribution in [-0.2, 0) is 15.0 Å². The van der Waals surface area contributed by atoms with Crippen LogP contribution in [0.2, 0.25) is 0 Å². The molecule has 0 spiro atoms. The summed E-state index contributed by atoms with van der Waals surface area (Å²) in [6.07, 6.45) is 2.40. The van der Waals surface area contributed by atoms with Gasteiger partial charge in [-0.25, -0.2) is 0 Å². The van der Waals surface area contributed by atoms with Crippen LogP contribution in [0.3, 0.4) is 0 Å². The van der Waals surface area contributed by atoms with Gasteiger partial charge >= 0.3 is 0 Å². The van der Waals surface area contributed by atoms with Crippen molar-refractivity contribution < 1.29 is 13.2 Å².